The van der Waals surface area contributed by atoms with E-state index in [1.807, 2.05) is 10.8 Å². The van der Waals surface area contributed by atoms with Crippen molar-refractivity contribution in [3.8, 4) is 0 Å². The summed E-state index contributed by atoms with van der Waals surface area (Å²) in [6.45, 7) is 11.6. The first-order chi connectivity index (χ1) is 11.0. The molecule has 0 bridgehead atoms. The molecule has 1 aromatic heterocycles. The van der Waals surface area contributed by atoms with Gasteiger partial charge >= 0.3 is 0 Å². The van der Waals surface area contributed by atoms with Crippen molar-refractivity contribution >= 4 is 5.91 Å². The van der Waals surface area contributed by atoms with Crippen molar-refractivity contribution < 1.29 is 9.53 Å². The minimum atomic E-state index is -0.0861. The van der Waals surface area contributed by atoms with Crippen LogP contribution in [-0.4, -0.2) is 58.2 Å². The number of nitrogens with one attached hydrogen (secondary N) is 1. The molecule has 1 fully saturated rings. The number of ether oxygens (including phenoxy) is 1. The van der Waals surface area contributed by atoms with Crippen molar-refractivity contribution in [2.24, 2.45) is 5.92 Å². The third-order valence-corrected chi connectivity index (χ3v) is 4.19. The van der Waals surface area contributed by atoms with E-state index >= 15 is 0 Å². The van der Waals surface area contributed by atoms with Crippen molar-refractivity contribution in [2.45, 2.75) is 58.9 Å². The van der Waals surface area contributed by atoms with Crippen LogP contribution < -0.4 is 5.32 Å². The summed E-state index contributed by atoms with van der Waals surface area (Å²) >= 11 is 0. The zero-order chi connectivity index (χ0) is 16.8. The van der Waals surface area contributed by atoms with Gasteiger partial charge in [0.1, 0.15) is 0 Å². The molecule has 0 radical (unpaired) electrons. The van der Waals surface area contributed by atoms with Gasteiger partial charge in [-0.2, -0.15) is 0 Å². The molecule has 130 valence electrons. The Morgan fingerprint density at radius 3 is 2.61 bits per heavy atom. The predicted molar refractivity (Wildman–Crippen MR) is 90.1 cm³/mol. The molecule has 2 heterocycles. The average molecular weight is 322 g/mol. The highest BCUT2D eigenvalue weighted by Gasteiger charge is 2.33. The van der Waals surface area contributed by atoms with Crippen LogP contribution in [0.2, 0.25) is 0 Å². The summed E-state index contributed by atoms with van der Waals surface area (Å²) in [5.74, 6) is 0.410. The molecule has 0 saturated carbocycles. The maximum absolute atomic E-state index is 12.6. The molecule has 6 nitrogen and oxygen atoms in total. The topological polar surface area (TPSA) is 59.4 Å². The summed E-state index contributed by atoms with van der Waals surface area (Å²) < 4.78 is 7.81. The number of morpholine rings is 1. The Kier molecular flexibility index (Phi) is 6.59. The van der Waals surface area contributed by atoms with Crippen LogP contribution in [0.1, 0.15) is 34.1 Å². The molecule has 1 N–H and O–H groups in total. The van der Waals surface area contributed by atoms with Gasteiger partial charge in [-0.15, -0.1) is 0 Å². The van der Waals surface area contributed by atoms with Gasteiger partial charge in [-0.1, -0.05) is 13.8 Å². The second kappa shape index (κ2) is 8.45. The van der Waals surface area contributed by atoms with Crippen molar-refractivity contribution in [1.82, 2.24) is 19.8 Å². The quantitative estimate of drug-likeness (QED) is 0.773. The molecule has 1 aliphatic rings. The van der Waals surface area contributed by atoms with Crippen LogP contribution in [0.5, 0.6) is 0 Å². The molecular weight excluding hydrogens is 292 g/mol. The Labute approximate surface area is 139 Å². The normalized spacial score (nSPS) is 23.9. The Morgan fingerprint density at radius 1 is 1.35 bits per heavy atom. The standard InChI is InChI=1S/C17H30N4O2/c1-13(2)16(21-10-14(3)23-15(4)11-21)17(22)19-6-5-8-20-9-7-18-12-20/h7,9,12-16H,5-6,8,10-11H2,1-4H3,(H,19,22). The Balaban J connectivity index is 1.83. The average Bonchev–Trinajstić information content (AvgIpc) is 2.95. The minimum Gasteiger partial charge on any atom is -0.373 e. The van der Waals surface area contributed by atoms with Crippen LogP contribution in [0.4, 0.5) is 0 Å². The fourth-order valence-corrected chi connectivity index (χ4v) is 3.33. The van der Waals surface area contributed by atoms with Crippen molar-refractivity contribution in [2.75, 3.05) is 19.6 Å². The highest BCUT2D eigenvalue weighted by Crippen LogP contribution is 2.18. The van der Waals surface area contributed by atoms with E-state index in [0.717, 1.165) is 26.1 Å². The lowest BCUT2D eigenvalue weighted by Gasteiger charge is -2.41. The molecular formula is C17H30N4O2. The number of rotatable bonds is 7. The van der Waals surface area contributed by atoms with Gasteiger partial charge in [-0.25, -0.2) is 4.98 Å². The molecule has 6 heteroatoms. The van der Waals surface area contributed by atoms with E-state index in [4.69, 9.17) is 4.74 Å². The van der Waals surface area contributed by atoms with Crippen LogP contribution >= 0.6 is 0 Å². The van der Waals surface area contributed by atoms with Crippen LogP contribution in [-0.2, 0) is 16.1 Å². The van der Waals surface area contributed by atoms with Gasteiger partial charge in [-0.05, 0) is 26.2 Å². The van der Waals surface area contributed by atoms with Gasteiger partial charge in [0.2, 0.25) is 5.91 Å². The first kappa shape index (κ1) is 17.9. The second-order valence-electron chi connectivity index (χ2n) is 6.85. The SMILES string of the molecule is CC1CN(C(C(=O)NCCCn2ccnc2)C(C)C)CC(C)O1. The van der Waals surface area contributed by atoms with E-state index in [-0.39, 0.29) is 30.1 Å². The van der Waals surface area contributed by atoms with Crippen LogP contribution in [0.15, 0.2) is 18.7 Å². The molecule has 2 rings (SSSR count). The lowest BCUT2D eigenvalue weighted by Crippen LogP contribution is -2.57. The van der Waals surface area contributed by atoms with Crippen LogP contribution in [0.3, 0.4) is 0 Å². The zero-order valence-electron chi connectivity index (χ0n) is 14.7. The summed E-state index contributed by atoms with van der Waals surface area (Å²) in [4.78, 5) is 18.9. The first-order valence-electron chi connectivity index (χ1n) is 8.60. The number of hydrogen-bond acceptors (Lipinski definition) is 4. The van der Waals surface area contributed by atoms with Gasteiger partial charge in [0.15, 0.2) is 0 Å². The van der Waals surface area contributed by atoms with Crippen molar-refractivity contribution in [3.63, 3.8) is 0 Å². The molecule has 3 unspecified atom stereocenters. The smallest absolute Gasteiger partial charge is 0.237 e. The molecule has 1 aromatic rings. The van der Waals surface area contributed by atoms with Gasteiger partial charge in [-0.3, -0.25) is 9.69 Å². The minimum absolute atomic E-state index is 0.0861. The predicted octanol–water partition coefficient (Wildman–Crippen LogP) is 1.52. The number of aromatic nitrogens is 2. The number of aryl methyl sites for hydroxylation is 1. The molecule has 1 aliphatic heterocycles. The van der Waals surface area contributed by atoms with Crippen molar-refractivity contribution in [3.05, 3.63) is 18.7 Å². The molecule has 0 aromatic carbocycles. The number of carbonyl (C=O) groups excluding carboxylic acids is 1. The van der Waals surface area contributed by atoms with Crippen LogP contribution in [0.25, 0.3) is 0 Å². The Bertz CT molecular complexity index is 465. The maximum atomic E-state index is 12.6. The molecule has 3 atom stereocenters. The highest BCUT2D eigenvalue weighted by atomic mass is 16.5. The Hall–Kier alpha value is -1.40. The first-order valence-corrected chi connectivity index (χ1v) is 8.60. The Morgan fingerprint density at radius 2 is 2.04 bits per heavy atom. The molecule has 0 spiro atoms. The number of carbonyl (C=O) groups is 1. The second-order valence-corrected chi connectivity index (χ2v) is 6.85. The molecule has 23 heavy (non-hydrogen) atoms. The largest absolute Gasteiger partial charge is 0.373 e. The monoisotopic (exact) mass is 322 g/mol. The fourth-order valence-electron chi connectivity index (χ4n) is 3.33. The van der Waals surface area contributed by atoms with E-state index in [0.29, 0.717) is 6.54 Å². The summed E-state index contributed by atoms with van der Waals surface area (Å²) in [6, 6.07) is -0.0861. The zero-order valence-corrected chi connectivity index (χ0v) is 14.7. The maximum Gasteiger partial charge on any atom is 0.237 e. The molecule has 1 saturated heterocycles. The number of imidazole rings is 1. The number of hydrogen-bond donors (Lipinski definition) is 1. The van der Waals surface area contributed by atoms with Crippen molar-refractivity contribution in [1.29, 1.82) is 0 Å². The highest BCUT2D eigenvalue weighted by molar-refractivity contribution is 5.82. The lowest BCUT2D eigenvalue weighted by atomic mass is 9.99. The molecule has 1 amide bonds. The van der Waals surface area contributed by atoms with E-state index in [9.17, 15) is 4.79 Å². The van der Waals surface area contributed by atoms with Gasteiger partial charge in [0, 0.05) is 38.6 Å². The summed E-state index contributed by atoms with van der Waals surface area (Å²) in [5.41, 5.74) is 0. The van der Waals surface area contributed by atoms with E-state index < -0.39 is 0 Å². The van der Waals surface area contributed by atoms with Crippen LogP contribution in [0, 0.1) is 5.92 Å². The summed E-state index contributed by atoms with van der Waals surface area (Å²) in [5, 5.41) is 3.10. The van der Waals surface area contributed by atoms with E-state index in [1.165, 1.54) is 0 Å². The number of amides is 1. The summed E-state index contributed by atoms with van der Waals surface area (Å²) in [7, 11) is 0. The molecule has 0 aliphatic carbocycles. The fraction of sp³-hybridized carbons (Fsp3) is 0.765. The summed E-state index contributed by atoms with van der Waals surface area (Å²) in [6.07, 6.45) is 6.77. The number of nitrogens with zero attached hydrogens (tertiary/aromatic N) is 3. The third kappa shape index (κ3) is 5.32. The van der Waals surface area contributed by atoms with E-state index in [1.54, 1.807) is 12.5 Å². The van der Waals surface area contributed by atoms with E-state index in [2.05, 4.69) is 42.9 Å². The third-order valence-electron chi connectivity index (χ3n) is 4.19. The lowest BCUT2D eigenvalue weighted by molar-refractivity contribution is -0.135. The van der Waals surface area contributed by atoms with Gasteiger partial charge in [0.05, 0.1) is 24.6 Å². The van der Waals surface area contributed by atoms with Gasteiger partial charge in [0.25, 0.3) is 0 Å². The van der Waals surface area contributed by atoms with Gasteiger partial charge < -0.3 is 14.6 Å².